The molecule has 1 aromatic heterocycles. The van der Waals surface area contributed by atoms with Crippen LogP contribution in [0.15, 0.2) is 16.5 Å². The van der Waals surface area contributed by atoms with Gasteiger partial charge in [-0.15, -0.1) is 0 Å². The summed E-state index contributed by atoms with van der Waals surface area (Å²) < 4.78 is 5.11. The number of furan rings is 1. The van der Waals surface area contributed by atoms with E-state index in [0.717, 1.165) is 13.1 Å². The molecule has 0 aromatic carbocycles. The summed E-state index contributed by atoms with van der Waals surface area (Å²) in [5, 5.41) is 9.54. The minimum Gasteiger partial charge on any atom is -0.440 e. The van der Waals surface area contributed by atoms with Gasteiger partial charge in [0, 0.05) is 32.7 Å². The molecule has 6 heteroatoms. The molecule has 1 saturated heterocycles. The van der Waals surface area contributed by atoms with Gasteiger partial charge < -0.3 is 14.4 Å². The molecule has 0 bridgehead atoms. The second-order valence-corrected chi connectivity index (χ2v) is 4.92. The molecular weight excluding hydrogens is 256 g/mol. The van der Waals surface area contributed by atoms with Crippen LogP contribution >= 0.6 is 11.6 Å². The van der Waals surface area contributed by atoms with Crippen molar-refractivity contribution in [3.8, 4) is 0 Å². The summed E-state index contributed by atoms with van der Waals surface area (Å²) in [6, 6.07) is 3.16. The molecule has 0 unspecified atom stereocenters. The second-order valence-electron chi connectivity index (χ2n) is 4.55. The molecular formula is C12H17ClN2O3. The lowest BCUT2D eigenvalue weighted by Crippen LogP contribution is -2.50. The molecule has 0 radical (unpaired) electrons. The summed E-state index contributed by atoms with van der Waals surface area (Å²) in [7, 11) is 0. The quantitative estimate of drug-likeness (QED) is 0.894. The van der Waals surface area contributed by atoms with Crippen molar-refractivity contribution in [2.24, 2.45) is 0 Å². The lowest BCUT2D eigenvalue weighted by Gasteiger charge is -2.34. The van der Waals surface area contributed by atoms with Gasteiger partial charge in [-0.1, -0.05) is 0 Å². The van der Waals surface area contributed by atoms with Crippen LogP contribution in [0.25, 0.3) is 0 Å². The molecule has 5 nitrogen and oxygen atoms in total. The van der Waals surface area contributed by atoms with E-state index in [1.807, 2.05) is 0 Å². The van der Waals surface area contributed by atoms with Gasteiger partial charge in [0.1, 0.15) is 0 Å². The third-order valence-corrected chi connectivity index (χ3v) is 3.17. The van der Waals surface area contributed by atoms with Crippen molar-refractivity contribution in [3.63, 3.8) is 0 Å². The van der Waals surface area contributed by atoms with Crippen molar-refractivity contribution in [1.29, 1.82) is 0 Å². The number of hydrogen-bond acceptors (Lipinski definition) is 4. The molecule has 1 amide bonds. The number of nitrogens with zero attached hydrogens (tertiary/aromatic N) is 2. The maximum Gasteiger partial charge on any atom is 0.289 e. The minimum atomic E-state index is -0.337. The second kappa shape index (κ2) is 5.73. The van der Waals surface area contributed by atoms with Gasteiger partial charge in [0.25, 0.3) is 5.91 Å². The van der Waals surface area contributed by atoms with Gasteiger partial charge in [-0.25, -0.2) is 0 Å². The number of hydrogen-bond donors (Lipinski definition) is 1. The van der Waals surface area contributed by atoms with Crippen LogP contribution in [-0.2, 0) is 0 Å². The molecule has 0 spiro atoms. The van der Waals surface area contributed by atoms with Gasteiger partial charge in [-0.05, 0) is 30.7 Å². The third kappa shape index (κ3) is 3.25. The molecule has 2 rings (SSSR count). The van der Waals surface area contributed by atoms with Crippen LogP contribution in [0.3, 0.4) is 0 Å². The number of β-amino-alcohol motifs (C(OH)–C–C–N with tert-alkyl or cyclic N) is 1. The molecule has 1 fully saturated rings. The number of carbonyl (C=O) groups excluding carboxylic acids is 1. The predicted molar refractivity (Wildman–Crippen MR) is 67.7 cm³/mol. The largest absolute Gasteiger partial charge is 0.440 e. The normalized spacial score (nSPS) is 18.9. The van der Waals surface area contributed by atoms with E-state index in [1.54, 1.807) is 24.0 Å². The van der Waals surface area contributed by atoms with Crippen LogP contribution in [0.1, 0.15) is 17.5 Å². The zero-order valence-corrected chi connectivity index (χ0v) is 11.1. The van der Waals surface area contributed by atoms with Gasteiger partial charge in [0.2, 0.25) is 0 Å². The first kappa shape index (κ1) is 13.4. The third-order valence-electron chi connectivity index (χ3n) is 2.97. The molecule has 1 aromatic rings. The Labute approximate surface area is 111 Å². The number of halogens is 1. The van der Waals surface area contributed by atoms with E-state index in [2.05, 4.69) is 4.90 Å². The fourth-order valence-electron chi connectivity index (χ4n) is 2.09. The Bertz CT molecular complexity index is 411. The highest BCUT2D eigenvalue weighted by Gasteiger charge is 2.24. The lowest BCUT2D eigenvalue weighted by atomic mass is 10.2. The van der Waals surface area contributed by atoms with E-state index < -0.39 is 0 Å². The smallest absolute Gasteiger partial charge is 0.289 e. The summed E-state index contributed by atoms with van der Waals surface area (Å²) in [5.74, 6) is 0.155. The molecule has 1 aliphatic heterocycles. The van der Waals surface area contributed by atoms with Gasteiger partial charge >= 0.3 is 0 Å². The molecule has 100 valence electrons. The van der Waals surface area contributed by atoms with Gasteiger partial charge in [-0.3, -0.25) is 9.69 Å². The average molecular weight is 273 g/mol. The monoisotopic (exact) mass is 272 g/mol. The first-order chi connectivity index (χ1) is 8.56. The Morgan fingerprint density at radius 1 is 1.44 bits per heavy atom. The fraction of sp³-hybridized carbons (Fsp3) is 0.583. The highest BCUT2D eigenvalue weighted by atomic mass is 35.5. The highest BCUT2D eigenvalue weighted by molar-refractivity contribution is 6.29. The number of aliphatic hydroxyl groups excluding tert-OH is 1. The van der Waals surface area contributed by atoms with E-state index >= 15 is 0 Å². The summed E-state index contributed by atoms with van der Waals surface area (Å²) in [5.41, 5.74) is 0. The van der Waals surface area contributed by atoms with Crippen LogP contribution < -0.4 is 0 Å². The number of rotatable bonds is 3. The van der Waals surface area contributed by atoms with E-state index in [-0.39, 0.29) is 23.0 Å². The molecule has 0 aliphatic carbocycles. The van der Waals surface area contributed by atoms with E-state index in [0.29, 0.717) is 19.6 Å². The SMILES string of the molecule is C[C@H](O)CN1CCN(C(=O)c2ccc(Cl)o2)CC1. The Morgan fingerprint density at radius 3 is 2.61 bits per heavy atom. The van der Waals surface area contributed by atoms with E-state index in [9.17, 15) is 9.90 Å². The fourth-order valence-corrected chi connectivity index (χ4v) is 2.24. The molecule has 18 heavy (non-hydrogen) atoms. The highest BCUT2D eigenvalue weighted by Crippen LogP contribution is 2.16. The first-order valence-corrected chi connectivity index (χ1v) is 6.39. The summed E-state index contributed by atoms with van der Waals surface area (Å²) >= 11 is 5.65. The van der Waals surface area contributed by atoms with Crippen molar-refractivity contribution in [1.82, 2.24) is 9.80 Å². The van der Waals surface area contributed by atoms with Crippen molar-refractivity contribution in [3.05, 3.63) is 23.1 Å². The Kier molecular flexibility index (Phi) is 4.27. The van der Waals surface area contributed by atoms with E-state index in [4.69, 9.17) is 16.0 Å². The number of amides is 1. The Balaban J connectivity index is 1.88. The molecule has 0 saturated carbocycles. The molecule has 1 aliphatic rings. The van der Waals surface area contributed by atoms with Crippen LogP contribution in [0.5, 0.6) is 0 Å². The van der Waals surface area contributed by atoms with Gasteiger partial charge in [0.15, 0.2) is 11.0 Å². The molecule has 1 atom stereocenters. The topological polar surface area (TPSA) is 56.9 Å². The standard InChI is InChI=1S/C12H17ClN2O3/c1-9(16)8-14-4-6-15(7-5-14)12(17)10-2-3-11(13)18-10/h2-3,9,16H,4-8H2,1H3/t9-/m0/s1. The van der Waals surface area contributed by atoms with Crippen LogP contribution in [0.2, 0.25) is 5.22 Å². The maximum atomic E-state index is 12.0. The average Bonchev–Trinajstić information content (AvgIpc) is 2.75. The van der Waals surface area contributed by atoms with Crippen molar-refractivity contribution in [2.45, 2.75) is 13.0 Å². The first-order valence-electron chi connectivity index (χ1n) is 6.01. The van der Waals surface area contributed by atoms with Crippen molar-refractivity contribution < 1.29 is 14.3 Å². The van der Waals surface area contributed by atoms with Crippen molar-refractivity contribution >= 4 is 17.5 Å². The van der Waals surface area contributed by atoms with Crippen LogP contribution in [-0.4, -0.2) is 59.6 Å². The van der Waals surface area contributed by atoms with E-state index in [1.165, 1.54) is 0 Å². The van der Waals surface area contributed by atoms with Crippen LogP contribution in [0.4, 0.5) is 0 Å². The van der Waals surface area contributed by atoms with Gasteiger partial charge in [-0.2, -0.15) is 0 Å². The van der Waals surface area contributed by atoms with Crippen LogP contribution in [0, 0.1) is 0 Å². The summed E-state index contributed by atoms with van der Waals surface area (Å²) in [4.78, 5) is 15.9. The number of aliphatic hydroxyl groups is 1. The Morgan fingerprint density at radius 2 is 2.11 bits per heavy atom. The molecule has 2 heterocycles. The maximum absolute atomic E-state index is 12.0. The molecule has 1 N–H and O–H groups in total. The number of carbonyl (C=O) groups is 1. The number of piperazine rings is 1. The Hall–Kier alpha value is -1.04. The predicted octanol–water partition coefficient (Wildman–Crippen LogP) is 1.07. The zero-order valence-electron chi connectivity index (χ0n) is 10.3. The minimum absolute atomic E-state index is 0.126. The van der Waals surface area contributed by atoms with Crippen molar-refractivity contribution in [2.75, 3.05) is 32.7 Å². The summed E-state index contributed by atoms with van der Waals surface area (Å²) in [6.07, 6.45) is -0.337. The van der Waals surface area contributed by atoms with Gasteiger partial charge in [0.05, 0.1) is 6.10 Å². The zero-order chi connectivity index (χ0) is 13.1. The summed E-state index contributed by atoms with van der Waals surface area (Å²) in [6.45, 7) is 5.24. The lowest BCUT2D eigenvalue weighted by molar-refractivity contribution is 0.0528.